The Hall–Kier alpha value is -1.64. The molecule has 7 nitrogen and oxygen atoms in total. The fraction of sp³-hybridized carbons (Fsp3) is 0.500. The van der Waals surface area contributed by atoms with Gasteiger partial charge in [0.25, 0.3) is 5.91 Å². The van der Waals surface area contributed by atoms with Crippen LogP contribution in [0.25, 0.3) is 10.1 Å². The van der Waals surface area contributed by atoms with Gasteiger partial charge in [0, 0.05) is 10.7 Å². The number of alkyl halides is 1. The molecule has 0 aliphatic carbocycles. The number of halogens is 1. The minimum atomic E-state index is -2.73. The molecule has 4 N–H and O–H groups in total. The average Bonchev–Trinajstić information content (AvgIpc) is 3.31. The van der Waals surface area contributed by atoms with Crippen LogP contribution in [-0.4, -0.2) is 56.3 Å². The maximum Gasteiger partial charge on any atom is 0.262 e. The van der Waals surface area contributed by atoms with Gasteiger partial charge in [-0.05, 0) is 61.3 Å². The van der Waals surface area contributed by atoms with Crippen LogP contribution in [0.1, 0.15) is 53.3 Å². The lowest BCUT2D eigenvalue weighted by Crippen LogP contribution is -2.51. The van der Waals surface area contributed by atoms with Crippen molar-refractivity contribution in [3.63, 3.8) is 0 Å². The lowest BCUT2D eigenvalue weighted by Gasteiger charge is -2.30. The standard InChI is InChI=1S/C20H24FN2O5PS/c21-18(29(27)28)11-4-7-16-12(8-11)9-17(30-16)19(25)22-15-3-1-2-13-5-6-14(10-24)23(13)20(15)26/h4,7-9,13-15,18,24,27-28H,1-3,5-6,10H2,(H,22,25)/t13-,14-,15-,18-/m0/s1. The van der Waals surface area contributed by atoms with Crippen molar-refractivity contribution in [2.75, 3.05) is 6.61 Å². The van der Waals surface area contributed by atoms with E-state index in [0.29, 0.717) is 16.7 Å². The molecule has 4 atom stereocenters. The Morgan fingerprint density at radius 2 is 2.07 bits per heavy atom. The first-order valence-electron chi connectivity index (χ1n) is 9.97. The number of benzene rings is 1. The van der Waals surface area contributed by atoms with Gasteiger partial charge in [0.05, 0.1) is 17.5 Å². The summed E-state index contributed by atoms with van der Waals surface area (Å²) in [6.45, 7) is -0.0685. The van der Waals surface area contributed by atoms with E-state index in [9.17, 15) is 19.1 Å². The summed E-state index contributed by atoms with van der Waals surface area (Å²) in [5, 5.41) is 13.1. The lowest BCUT2D eigenvalue weighted by atomic mass is 10.1. The molecule has 1 aromatic heterocycles. The SMILES string of the molecule is O=C(N[C@H]1CCC[C@H]2CC[C@@H](CO)N2C1=O)c1cc2cc([C@@H](F)P(O)O)ccc2s1. The molecule has 162 valence electrons. The maximum absolute atomic E-state index is 13.9. The second-order valence-corrected chi connectivity index (χ2v) is 10.0. The van der Waals surface area contributed by atoms with E-state index in [-0.39, 0.29) is 36.1 Å². The van der Waals surface area contributed by atoms with Crippen molar-refractivity contribution < 1.29 is 28.9 Å². The molecule has 3 heterocycles. The minimum Gasteiger partial charge on any atom is -0.394 e. The third kappa shape index (κ3) is 4.09. The summed E-state index contributed by atoms with van der Waals surface area (Å²) in [6, 6.07) is 5.58. The zero-order valence-corrected chi connectivity index (χ0v) is 17.9. The molecule has 0 unspecified atom stereocenters. The van der Waals surface area contributed by atoms with Crippen molar-refractivity contribution in [2.45, 2.75) is 56.1 Å². The van der Waals surface area contributed by atoms with Gasteiger partial charge >= 0.3 is 0 Å². The fourth-order valence-corrected chi connectivity index (χ4v) is 5.84. The monoisotopic (exact) mass is 454 g/mol. The summed E-state index contributed by atoms with van der Waals surface area (Å²) in [5.74, 6) is -2.36. The molecule has 2 aliphatic rings. The van der Waals surface area contributed by atoms with Crippen LogP contribution in [0.2, 0.25) is 0 Å². The molecule has 0 spiro atoms. The first kappa shape index (κ1) is 21.6. The van der Waals surface area contributed by atoms with Gasteiger partial charge in [0.1, 0.15) is 6.04 Å². The number of nitrogens with zero attached hydrogens (tertiary/aromatic N) is 1. The van der Waals surface area contributed by atoms with Gasteiger partial charge in [0.2, 0.25) is 14.3 Å². The summed E-state index contributed by atoms with van der Waals surface area (Å²) in [7, 11) is -2.73. The van der Waals surface area contributed by atoms with Gasteiger partial charge in [-0.3, -0.25) is 9.59 Å². The van der Waals surface area contributed by atoms with Crippen LogP contribution in [0.3, 0.4) is 0 Å². The molecule has 0 bridgehead atoms. The predicted molar refractivity (Wildman–Crippen MR) is 113 cm³/mol. The van der Waals surface area contributed by atoms with Crippen LogP contribution in [0.4, 0.5) is 4.39 Å². The number of rotatable bonds is 5. The quantitative estimate of drug-likeness (QED) is 0.520. The van der Waals surface area contributed by atoms with Gasteiger partial charge in [-0.1, -0.05) is 6.07 Å². The third-order valence-electron chi connectivity index (χ3n) is 5.96. The van der Waals surface area contributed by atoms with E-state index in [2.05, 4.69) is 5.32 Å². The number of nitrogens with one attached hydrogen (secondary N) is 1. The zero-order valence-electron chi connectivity index (χ0n) is 16.2. The first-order chi connectivity index (χ1) is 14.4. The molecular weight excluding hydrogens is 430 g/mol. The van der Waals surface area contributed by atoms with Crippen molar-refractivity contribution in [3.05, 3.63) is 34.7 Å². The second kappa shape index (κ2) is 8.85. The number of carbonyl (C=O) groups is 2. The van der Waals surface area contributed by atoms with Crippen molar-refractivity contribution in [1.82, 2.24) is 10.2 Å². The summed E-state index contributed by atoms with van der Waals surface area (Å²) in [5.41, 5.74) is 0.150. The minimum absolute atomic E-state index is 0.0685. The molecule has 2 saturated heterocycles. The van der Waals surface area contributed by atoms with Crippen molar-refractivity contribution in [3.8, 4) is 0 Å². The Labute approximate surface area is 178 Å². The number of fused-ring (bicyclic) bond motifs is 2. The van der Waals surface area contributed by atoms with E-state index in [1.165, 1.54) is 23.5 Å². The molecular formula is C20H24FN2O5PS. The molecule has 30 heavy (non-hydrogen) atoms. The van der Waals surface area contributed by atoms with Gasteiger partial charge < -0.3 is 25.1 Å². The molecule has 2 fully saturated rings. The normalized spacial score (nSPS) is 25.4. The summed E-state index contributed by atoms with van der Waals surface area (Å²) < 4.78 is 14.7. The first-order valence-corrected chi connectivity index (χ1v) is 12.1. The van der Waals surface area contributed by atoms with E-state index >= 15 is 0 Å². The number of thiophene rings is 1. The number of aliphatic hydroxyl groups excluding tert-OH is 1. The van der Waals surface area contributed by atoms with Crippen molar-refractivity contribution in [2.24, 2.45) is 0 Å². The number of carbonyl (C=O) groups excluding carboxylic acids is 2. The highest BCUT2D eigenvalue weighted by Crippen LogP contribution is 2.45. The highest BCUT2D eigenvalue weighted by atomic mass is 32.1. The summed E-state index contributed by atoms with van der Waals surface area (Å²) in [4.78, 5) is 46.2. The lowest BCUT2D eigenvalue weighted by molar-refractivity contribution is -0.136. The highest BCUT2D eigenvalue weighted by Gasteiger charge is 2.41. The molecule has 0 radical (unpaired) electrons. The van der Waals surface area contributed by atoms with Crippen molar-refractivity contribution >= 4 is 41.6 Å². The molecule has 2 amide bonds. The highest BCUT2D eigenvalue weighted by molar-refractivity contribution is 7.45. The van der Waals surface area contributed by atoms with E-state index in [1.807, 2.05) is 0 Å². The predicted octanol–water partition coefficient (Wildman–Crippen LogP) is 2.80. The van der Waals surface area contributed by atoms with Gasteiger partial charge in [-0.2, -0.15) is 0 Å². The summed E-state index contributed by atoms with van der Waals surface area (Å²) in [6.07, 6.45) is 3.93. The smallest absolute Gasteiger partial charge is 0.262 e. The molecule has 0 saturated carbocycles. The third-order valence-corrected chi connectivity index (χ3v) is 7.78. The van der Waals surface area contributed by atoms with E-state index in [1.54, 1.807) is 17.0 Å². The van der Waals surface area contributed by atoms with E-state index in [0.717, 1.165) is 30.4 Å². The number of aliphatic hydroxyl groups is 1. The molecule has 1 aromatic carbocycles. The van der Waals surface area contributed by atoms with Crippen LogP contribution < -0.4 is 5.32 Å². The van der Waals surface area contributed by atoms with Crippen LogP contribution in [-0.2, 0) is 4.79 Å². The number of hydrogen-bond donors (Lipinski definition) is 4. The Bertz CT molecular complexity index is 954. The number of hydrogen-bond acceptors (Lipinski definition) is 6. The summed E-state index contributed by atoms with van der Waals surface area (Å²) >= 11 is 1.23. The van der Waals surface area contributed by atoms with Gasteiger partial charge in [0.15, 0.2) is 5.91 Å². The van der Waals surface area contributed by atoms with E-state index in [4.69, 9.17) is 9.79 Å². The molecule has 4 rings (SSSR count). The molecule has 2 aromatic rings. The molecule has 2 aliphatic heterocycles. The molecule has 10 heteroatoms. The Morgan fingerprint density at radius 3 is 2.80 bits per heavy atom. The fourth-order valence-electron chi connectivity index (χ4n) is 4.46. The number of amides is 2. The topological polar surface area (TPSA) is 110 Å². The van der Waals surface area contributed by atoms with Gasteiger partial charge in [-0.15, -0.1) is 11.3 Å². The van der Waals surface area contributed by atoms with Crippen LogP contribution >= 0.6 is 19.7 Å². The van der Waals surface area contributed by atoms with Crippen molar-refractivity contribution in [1.29, 1.82) is 0 Å². The Morgan fingerprint density at radius 1 is 1.27 bits per heavy atom. The van der Waals surface area contributed by atoms with Crippen LogP contribution in [0.15, 0.2) is 24.3 Å². The Kier molecular flexibility index (Phi) is 6.36. The second-order valence-electron chi connectivity index (χ2n) is 7.83. The average molecular weight is 454 g/mol. The van der Waals surface area contributed by atoms with E-state index < -0.39 is 20.3 Å². The van der Waals surface area contributed by atoms with Gasteiger partial charge in [-0.25, -0.2) is 4.39 Å². The Balaban J connectivity index is 1.51. The zero-order chi connectivity index (χ0) is 21.4. The maximum atomic E-state index is 13.9. The largest absolute Gasteiger partial charge is 0.394 e. The van der Waals surface area contributed by atoms with Crippen LogP contribution in [0.5, 0.6) is 0 Å². The van der Waals surface area contributed by atoms with Crippen LogP contribution in [0, 0.1) is 0 Å².